The Morgan fingerprint density at radius 1 is 1.10 bits per heavy atom. The van der Waals surface area contributed by atoms with Gasteiger partial charge in [-0.2, -0.15) is 23.7 Å². The van der Waals surface area contributed by atoms with E-state index in [2.05, 4.69) is 32.7 Å². The van der Waals surface area contributed by atoms with Crippen molar-refractivity contribution in [3.8, 4) is 23.3 Å². The van der Waals surface area contributed by atoms with Gasteiger partial charge in [-0.1, -0.05) is 18.2 Å². The van der Waals surface area contributed by atoms with Gasteiger partial charge in [0, 0.05) is 42.9 Å². The molecule has 0 saturated heterocycles. The van der Waals surface area contributed by atoms with Gasteiger partial charge in [-0.05, 0) is 29.3 Å². The number of thioether (sulfide) groups is 1. The smallest absolute Gasteiger partial charge is 0.475 e. The maximum atomic E-state index is 11.3. The molecule has 0 bridgehead atoms. The number of anilines is 2. The Morgan fingerprint density at radius 2 is 1.74 bits per heavy atom. The third kappa shape index (κ3) is 8.99. The first-order valence-corrected chi connectivity index (χ1v) is 11.9. The van der Waals surface area contributed by atoms with Crippen LogP contribution >= 0.6 is 11.8 Å². The lowest BCUT2D eigenvalue weighted by Gasteiger charge is -2.16. The van der Waals surface area contributed by atoms with E-state index < -0.39 is 12.1 Å². The summed E-state index contributed by atoms with van der Waals surface area (Å²) >= 11 is 1.37. The highest BCUT2D eigenvalue weighted by Gasteiger charge is 2.38. The molecule has 0 unspecified atom stereocenters. The van der Waals surface area contributed by atoms with Crippen molar-refractivity contribution >= 4 is 35.1 Å². The second kappa shape index (κ2) is 14.3. The summed E-state index contributed by atoms with van der Waals surface area (Å²) in [5.74, 6) is -2.11. The van der Waals surface area contributed by atoms with Gasteiger partial charge < -0.3 is 20.8 Å². The first-order chi connectivity index (χ1) is 18.5. The Labute approximate surface area is 225 Å². The van der Waals surface area contributed by atoms with Crippen molar-refractivity contribution in [3.63, 3.8) is 0 Å². The largest absolute Gasteiger partial charge is 0.490 e. The number of carboxylic acids is 1. The van der Waals surface area contributed by atoms with Gasteiger partial charge in [-0.15, -0.1) is 11.8 Å². The maximum absolute atomic E-state index is 11.3. The molecule has 3 aromatic rings. The average molecular weight is 559 g/mol. The van der Waals surface area contributed by atoms with Crippen LogP contribution in [0.4, 0.5) is 24.7 Å². The minimum absolute atomic E-state index is 0.133. The normalized spacial score (nSPS) is 10.3. The first-order valence-electron chi connectivity index (χ1n) is 10.9. The Bertz CT molecular complexity index is 1390. The number of benzene rings is 1. The zero-order chi connectivity index (χ0) is 29.0. The van der Waals surface area contributed by atoms with E-state index in [1.54, 1.807) is 36.7 Å². The third-order valence-electron chi connectivity index (χ3n) is 4.63. The number of aliphatic carboxylic acids is 1. The van der Waals surface area contributed by atoms with Crippen LogP contribution in [0, 0.1) is 22.7 Å². The monoisotopic (exact) mass is 558 g/mol. The van der Waals surface area contributed by atoms with Crippen LogP contribution in [-0.2, 0) is 15.3 Å². The molecule has 1 amide bonds. The topological polar surface area (TPSA) is 172 Å². The summed E-state index contributed by atoms with van der Waals surface area (Å²) < 4.78 is 31.7. The Balaban J connectivity index is 0.000000673. The van der Waals surface area contributed by atoms with Crippen LogP contribution < -0.4 is 10.6 Å². The third-order valence-corrected chi connectivity index (χ3v) is 5.67. The van der Waals surface area contributed by atoms with Crippen molar-refractivity contribution in [2.75, 3.05) is 23.8 Å². The molecule has 3 rings (SSSR count). The van der Waals surface area contributed by atoms with Crippen molar-refractivity contribution in [1.29, 1.82) is 10.5 Å². The van der Waals surface area contributed by atoms with Crippen molar-refractivity contribution in [2.24, 2.45) is 0 Å². The Kier molecular flexibility index (Phi) is 11.2. The molecular formula is C25H21F3N6O4S. The van der Waals surface area contributed by atoms with Gasteiger partial charge in [0.2, 0.25) is 5.91 Å². The number of halogens is 3. The number of aromatic nitrogens is 2. The van der Waals surface area contributed by atoms with E-state index in [0.717, 1.165) is 5.56 Å². The number of aliphatic hydroxyl groups is 1. The Hall–Kier alpha value is -4.66. The number of carbonyl (C=O) groups excluding carboxylic acids is 1. The van der Waals surface area contributed by atoms with Crippen molar-refractivity contribution < 1.29 is 33.0 Å². The van der Waals surface area contributed by atoms with E-state index >= 15 is 0 Å². The zero-order valence-electron chi connectivity index (χ0n) is 20.3. The van der Waals surface area contributed by atoms with E-state index in [1.165, 1.54) is 18.7 Å². The highest BCUT2D eigenvalue weighted by molar-refractivity contribution is 7.98. The SMILES string of the molecule is CC(=O)Nc1ccc(-c2c(C#N)c(NCCO)nc(SCc3cccnc3)c2C#N)cc1.O=C(O)C(F)(F)F. The second-order valence-corrected chi connectivity index (χ2v) is 8.44. The molecule has 0 atom stereocenters. The lowest BCUT2D eigenvalue weighted by atomic mass is 9.96. The van der Waals surface area contributed by atoms with Crippen LogP contribution in [0.2, 0.25) is 0 Å². The summed E-state index contributed by atoms with van der Waals surface area (Å²) in [6, 6.07) is 15.0. The van der Waals surface area contributed by atoms with Gasteiger partial charge in [0.05, 0.1) is 12.2 Å². The quantitative estimate of drug-likeness (QED) is 0.294. The molecule has 2 aromatic heterocycles. The van der Waals surface area contributed by atoms with Gasteiger partial charge in [0.1, 0.15) is 28.5 Å². The standard InChI is InChI=1S/C23H20N6O2S.C2HF3O2/c1-15(31)28-18-6-4-17(5-7-18)21-19(11-24)22(27-9-10-30)29-23(20(21)12-25)32-14-16-3-2-8-26-13-16;3-2(4,5)1(6)7/h2-8,13,30H,9-10,14H2,1H3,(H,27,29)(H,28,31);(H,6,7). The van der Waals surface area contributed by atoms with Gasteiger partial charge in [0.15, 0.2) is 0 Å². The van der Waals surface area contributed by atoms with Crippen LogP contribution in [0.3, 0.4) is 0 Å². The summed E-state index contributed by atoms with van der Waals surface area (Å²) in [6.07, 6.45) is -1.65. The Morgan fingerprint density at radius 3 is 2.23 bits per heavy atom. The first kappa shape index (κ1) is 30.6. The number of carboxylic acid groups (broad SMARTS) is 1. The molecule has 0 aliphatic heterocycles. The average Bonchev–Trinajstić information content (AvgIpc) is 2.90. The molecule has 0 fully saturated rings. The van der Waals surface area contributed by atoms with E-state index in [1.807, 2.05) is 12.1 Å². The highest BCUT2D eigenvalue weighted by atomic mass is 32.2. The van der Waals surface area contributed by atoms with Gasteiger partial charge in [-0.25, -0.2) is 9.78 Å². The molecule has 4 N–H and O–H groups in total. The number of rotatable bonds is 8. The van der Waals surface area contributed by atoms with Crippen LogP contribution in [0.15, 0.2) is 53.8 Å². The van der Waals surface area contributed by atoms with Crippen LogP contribution in [0.25, 0.3) is 11.1 Å². The maximum Gasteiger partial charge on any atom is 0.490 e. The number of nitrogens with one attached hydrogen (secondary N) is 2. The van der Waals surface area contributed by atoms with E-state index in [9.17, 15) is 33.6 Å². The molecule has 0 radical (unpaired) electrons. The van der Waals surface area contributed by atoms with Crippen molar-refractivity contribution in [1.82, 2.24) is 9.97 Å². The lowest BCUT2D eigenvalue weighted by molar-refractivity contribution is -0.192. The van der Waals surface area contributed by atoms with Crippen molar-refractivity contribution in [2.45, 2.75) is 23.9 Å². The predicted octanol–water partition coefficient (Wildman–Crippen LogP) is 4.18. The zero-order valence-corrected chi connectivity index (χ0v) is 21.1. The van der Waals surface area contributed by atoms with Gasteiger partial charge >= 0.3 is 12.1 Å². The summed E-state index contributed by atoms with van der Waals surface area (Å²) in [5.41, 5.74) is 3.18. The fourth-order valence-corrected chi connectivity index (χ4v) is 3.95. The molecule has 39 heavy (non-hydrogen) atoms. The van der Waals surface area contributed by atoms with E-state index in [0.29, 0.717) is 33.4 Å². The number of aliphatic hydroxyl groups excluding tert-OH is 1. The predicted molar refractivity (Wildman–Crippen MR) is 136 cm³/mol. The minimum atomic E-state index is -5.08. The molecular weight excluding hydrogens is 537 g/mol. The van der Waals surface area contributed by atoms with Crippen LogP contribution in [-0.4, -0.2) is 51.4 Å². The molecule has 0 spiro atoms. The molecule has 0 saturated carbocycles. The number of hydrogen-bond acceptors (Lipinski definition) is 9. The molecule has 0 aliphatic rings. The number of nitriles is 2. The molecule has 202 valence electrons. The number of alkyl halides is 3. The number of carbonyl (C=O) groups is 2. The number of pyridine rings is 2. The summed E-state index contributed by atoms with van der Waals surface area (Å²) in [4.78, 5) is 28.8. The lowest BCUT2D eigenvalue weighted by Crippen LogP contribution is -2.21. The summed E-state index contributed by atoms with van der Waals surface area (Å²) in [7, 11) is 0. The van der Waals surface area contributed by atoms with Crippen LogP contribution in [0.5, 0.6) is 0 Å². The molecule has 10 nitrogen and oxygen atoms in total. The minimum Gasteiger partial charge on any atom is -0.475 e. The molecule has 14 heteroatoms. The van der Waals surface area contributed by atoms with Crippen LogP contribution in [0.1, 0.15) is 23.6 Å². The second-order valence-electron chi connectivity index (χ2n) is 7.48. The van der Waals surface area contributed by atoms with Gasteiger partial charge in [0.25, 0.3) is 0 Å². The number of hydrogen-bond donors (Lipinski definition) is 4. The summed E-state index contributed by atoms with van der Waals surface area (Å²) in [5, 5.41) is 42.4. The summed E-state index contributed by atoms with van der Waals surface area (Å²) in [6.45, 7) is 1.50. The molecule has 1 aromatic carbocycles. The molecule has 0 aliphatic carbocycles. The number of nitrogens with zero attached hydrogens (tertiary/aromatic N) is 4. The fraction of sp³-hybridized carbons (Fsp3) is 0.200. The van der Waals surface area contributed by atoms with E-state index in [-0.39, 0.29) is 30.2 Å². The van der Waals surface area contributed by atoms with E-state index in [4.69, 9.17) is 9.90 Å². The highest BCUT2D eigenvalue weighted by Crippen LogP contribution is 2.37. The molecule has 2 heterocycles. The number of amides is 1. The fourth-order valence-electron chi connectivity index (χ4n) is 3.03. The van der Waals surface area contributed by atoms with Crippen molar-refractivity contribution in [3.05, 3.63) is 65.5 Å². The van der Waals surface area contributed by atoms with Gasteiger partial charge in [-0.3, -0.25) is 9.78 Å².